The molecule has 0 aliphatic carbocycles. The third-order valence-electron chi connectivity index (χ3n) is 2.98. The van der Waals surface area contributed by atoms with Gasteiger partial charge in [-0.3, -0.25) is 0 Å². The highest BCUT2D eigenvalue weighted by atomic mass is 16.4. The molecule has 0 aliphatic rings. The largest absolute Gasteiger partial charge is 0.418 e. The number of aliphatic hydroxyl groups is 1. The fourth-order valence-electron chi connectivity index (χ4n) is 2.03. The maximum Gasteiger partial charge on any atom is 0.247 e. The lowest BCUT2D eigenvalue weighted by Crippen LogP contribution is -2.16. The minimum atomic E-state index is -0.980. The van der Waals surface area contributed by atoms with E-state index in [2.05, 4.69) is 9.97 Å². The third-order valence-corrected chi connectivity index (χ3v) is 2.98. The van der Waals surface area contributed by atoms with E-state index in [0.717, 1.165) is 5.56 Å². The van der Waals surface area contributed by atoms with Crippen molar-refractivity contribution in [2.45, 2.75) is 19.4 Å². The van der Waals surface area contributed by atoms with Crippen LogP contribution in [0.4, 0.5) is 0 Å². The molecule has 19 heavy (non-hydrogen) atoms. The van der Waals surface area contributed by atoms with Crippen molar-refractivity contribution in [1.29, 1.82) is 0 Å². The van der Waals surface area contributed by atoms with E-state index in [4.69, 9.17) is 4.42 Å². The van der Waals surface area contributed by atoms with Gasteiger partial charge in [0.1, 0.15) is 5.52 Å². The summed E-state index contributed by atoms with van der Waals surface area (Å²) >= 11 is 0. The molecule has 0 saturated carbocycles. The third kappa shape index (κ3) is 2.11. The normalized spacial score (nSPS) is 11.9. The molecule has 4 nitrogen and oxygen atoms in total. The molecule has 96 valence electrons. The summed E-state index contributed by atoms with van der Waals surface area (Å²) in [5.41, 5.74) is 1.67. The average Bonchev–Trinajstić information content (AvgIpc) is 2.82. The first-order chi connectivity index (χ1) is 9.05. The van der Waals surface area contributed by atoms with Crippen LogP contribution in [0.15, 0.2) is 47.0 Å². The molecule has 1 aromatic carbocycles. The van der Waals surface area contributed by atoms with Crippen molar-refractivity contribution in [2.75, 3.05) is 0 Å². The fourth-order valence-corrected chi connectivity index (χ4v) is 2.03. The Bertz CT molecular complexity index is 712. The lowest BCUT2D eigenvalue weighted by molar-refractivity contribution is 0.0799. The molecule has 0 amide bonds. The molecule has 2 heterocycles. The van der Waals surface area contributed by atoms with Crippen molar-refractivity contribution >= 4 is 11.2 Å². The van der Waals surface area contributed by atoms with Crippen molar-refractivity contribution in [3.8, 4) is 11.5 Å². The van der Waals surface area contributed by atoms with Gasteiger partial charge in [0, 0.05) is 17.3 Å². The second-order valence-electron chi connectivity index (χ2n) is 4.96. The SMILES string of the molecule is CC(C)(O)c1ccnc2oc(-c3ccccc3)nc12. The number of hydrogen-bond acceptors (Lipinski definition) is 4. The highest BCUT2D eigenvalue weighted by Crippen LogP contribution is 2.29. The highest BCUT2D eigenvalue weighted by Gasteiger charge is 2.22. The molecule has 4 heteroatoms. The van der Waals surface area contributed by atoms with E-state index in [0.29, 0.717) is 22.7 Å². The van der Waals surface area contributed by atoms with E-state index in [-0.39, 0.29) is 0 Å². The van der Waals surface area contributed by atoms with Crippen molar-refractivity contribution < 1.29 is 9.52 Å². The number of oxazole rings is 1. The maximum atomic E-state index is 10.2. The molecular weight excluding hydrogens is 240 g/mol. The number of nitrogens with zero attached hydrogens (tertiary/aromatic N) is 2. The van der Waals surface area contributed by atoms with E-state index < -0.39 is 5.60 Å². The van der Waals surface area contributed by atoms with Gasteiger partial charge in [-0.2, -0.15) is 0 Å². The van der Waals surface area contributed by atoms with Gasteiger partial charge in [0.15, 0.2) is 0 Å². The number of aromatic nitrogens is 2. The molecule has 0 spiro atoms. The summed E-state index contributed by atoms with van der Waals surface area (Å²) in [6.45, 7) is 3.44. The van der Waals surface area contributed by atoms with Gasteiger partial charge in [-0.05, 0) is 32.0 Å². The zero-order chi connectivity index (χ0) is 13.5. The summed E-state index contributed by atoms with van der Waals surface area (Å²) in [6.07, 6.45) is 1.62. The smallest absolute Gasteiger partial charge is 0.247 e. The number of rotatable bonds is 2. The van der Waals surface area contributed by atoms with Gasteiger partial charge in [0.2, 0.25) is 11.6 Å². The van der Waals surface area contributed by atoms with Gasteiger partial charge in [-0.15, -0.1) is 0 Å². The van der Waals surface area contributed by atoms with E-state index in [1.807, 2.05) is 30.3 Å². The second-order valence-corrected chi connectivity index (χ2v) is 4.96. The lowest BCUT2D eigenvalue weighted by atomic mass is 9.99. The van der Waals surface area contributed by atoms with E-state index in [1.54, 1.807) is 26.1 Å². The van der Waals surface area contributed by atoms with Crippen LogP contribution < -0.4 is 0 Å². The van der Waals surface area contributed by atoms with Crippen LogP contribution in [0.1, 0.15) is 19.4 Å². The van der Waals surface area contributed by atoms with Crippen LogP contribution >= 0.6 is 0 Å². The lowest BCUT2D eigenvalue weighted by Gasteiger charge is -2.16. The summed E-state index contributed by atoms with van der Waals surface area (Å²) in [7, 11) is 0. The van der Waals surface area contributed by atoms with Crippen LogP contribution in [0.25, 0.3) is 22.7 Å². The molecule has 0 atom stereocenters. The minimum Gasteiger partial charge on any atom is -0.418 e. The molecule has 0 bridgehead atoms. The monoisotopic (exact) mass is 254 g/mol. The average molecular weight is 254 g/mol. The Kier molecular flexibility index (Phi) is 2.61. The van der Waals surface area contributed by atoms with Crippen molar-refractivity contribution in [1.82, 2.24) is 9.97 Å². The summed E-state index contributed by atoms with van der Waals surface area (Å²) in [6, 6.07) is 11.4. The molecule has 3 aromatic rings. The van der Waals surface area contributed by atoms with Gasteiger partial charge >= 0.3 is 0 Å². The molecule has 0 saturated heterocycles. The van der Waals surface area contributed by atoms with Crippen LogP contribution in [0.5, 0.6) is 0 Å². The van der Waals surface area contributed by atoms with E-state index in [1.165, 1.54) is 0 Å². The quantitative estimate of drug-likeness (QED) is 0.763. The van der Waals surface area contributed by atoms with Crippen LogP contribution in [0, 0.1) is 0 Å². The minimum absolute atomic E-state index is 0.443. The molecule has 3 rings (SSSR count). The van der Waals surface area contributed by atoms with Gasteiger partial charge in [0.05, 0.1) is 5.60 Å². The molecule has 0 radical (unpaired) electrons. The first-order valence-corrected chi connectivity index (χ1v) is 6.09. The van der Waals surface area contributed by atoms with Crippen molar-refractivity contribution in [3.05, 3.63) is 48.2 Å². The molecule has 1 N–H and O–H groups in total. The van der Waals surface area contributed by atoms with Crippen LogP contribution in [0.3, 0.4) is 0 Å². The van der Waals surface area contributed by atoms with Crippen molar-refractivity contribution in [2.24, 2.45) is 0 Å². The Hall–Kier alpha value is -2.20. The zero-order valence-electron chi connectivity index (χ0n) is 10.8. The highest BCUT2D eigenvalue weighted by molar-refractivity contribution is 5.76. The van der Waals surface area contributed by atoms with Gasteiger partial charge < -0.3 is 9.52 Å². The second kappa shape index (κ2) is 4.17. The summed E-state index contributed by atoms with van der Waals surface area (Å²) in [5, 5.41) is 10.2. The van der Waals surface area contributed by atoms with Crippen LogP contribution in [-0.2, 0) is 5.60 Å². The first-order valence-electron chi connectivity index (χ1n) is 6.09. The fraction of sp³-hybridized carbons (Fsp3) is 0.200. The molecule has 0 unspecified atom stereocenters. The number of fused-ring (bicyclic) bond motifs is 1. The topological polar surface area (TPSA) is 59.2 Å². The van der Waals surface area contributed by atoms with Gasteiger partial charge in [0.25, 0.3) is 0 Å². The number of hydrogen-bond donors (Lipinski definition) is 1. The molecular formula is C15H14N2O2. The first kappa shape index (κ1) is 11.9. The van der Waals surface area contributed by atoms with Gasteiger partial charge in [-0.25, -0.2) is 9.97 Å². The van der Waals surface area contributed by atoms with Gasteiger partial charge in [-0.1, -0.05) is 18.2 Å². The van der Waals surface area contributed by atoms with Crippen molar-refractivity contribution in [3.63, 3.8) is 0 Å². The number of pyridine rings is 1. The Balaban J connectivity index is 2.22. The summed E-state index contributed by atoms with van der Waals surface area (Å²) < 4.78 is 5.66. The Morgan fingerprint density at radius 3 is 2.53 bits per heavy atom. The predicted molar refractivity (Wildman–Crippen MR) is 72.5 cm³/mol. The molecule has 0 fully saturated rings. The summed E-state index contributed by atoms with van der Waals surface area (Å²) in [4.78, 5) is 8.62. The standard InChI is InChI=1S/C15H14N2O2/c1-15(2,18)11-8-9-16-14-12(11)17-13(19-14)10-6-4-3-5-7-10/h3-9,18H,1-2H3. The molecule has 2 aromatic heterocycles. The maximum absolute atomic E-state index is 10.2. The predicted octanol–water partition coefficient (Wildman–Crippen LogP) is 3.12. The van der Waals surface area contributed by atoms with Crippen LogP contribution in [-0.4, -0.2) is 15.1 Å². The molecule has 0 aliphatic heterocycles. The van der Waals surface area contributed by atoms with E-state index >= 15 is 0 Å². The number of benzene rings is 1. The Morgan fingerprint density at radius 1 is 1.11 bits per heavy atom. The Morgan fingerprint density at radius 2 is 1.84 bits per heavy atom. The zero-order valence-corrected chi connectivity index (χ0v) is 10.8. The summed E-state index contributed by atoms with van der Waals surface area (Å²) in [5.74, 6) is 0.514. The van der Waals surface area contributed by atoms with E-state index in [9.17, 15) is 5.11 Å². The van der Waals surface area contributed by atoms with Crippen LogP contribution in [0.2, 0.25) is 0 Å². The Labute approximate surface area is 110 Å².